The van der Waals surface area contributed by atoms with Crippen molar-refractivity contribution in [3.8, 4) is 0 Å². The molecule has 1 aliphatic heterocycles. The minimum absolute atomic E-state index is 0.0459. The van der Waals surface area contributed by atoms with Crippen LogP contribution in [0.15, 0.2) is 23.4 Å². The summed E-state index contributed by atoms with van der Waals surface area (Å²) in [6.07, 6.45) is 1.35. The van der Waals surface area contributed by atoms with Crippen LogP contribution in [0.2, 0.25) is 0 Å². The maximum absolute atomic E-state index is 11.6. The van der Waals surface area contributed by atoms with E-state index in [0.29, 0.717) is 0 Å². The molecule has 0 spiro atoms. The summed E-state index contributed by atoms with van der Waals surface area (Å²) in [7, 11) is 1.49. The molecule has 0 bridgehead atoms. The number of carbonyl (C=O) groups is 1. The number of phosphoric acid groups is 1. The Hall–Kier alpha value is -1.34. The Morgan fingerprint density at radius 1 is 1.05 bits per heavy atom. The summed E-state index contributed by atoms with van der Waals surface area (Å²) >= 11 is 0. The number of methoxy groups -OCH3 is 2. The number of rotatable bonds is 7. The molecule has 122 valence electrons. The topological polar surface area (TPSA) is 89.5 Å². The molecule has 0 N–H and O–H groups in total. The van der Waals surface area contributed by atoms with E-state index in [-0.39, 0.29) is 23.9 Å². The van der Waals surface area contributed by atoms with Gasteiger partial charge >= 0.3 is 13.8 Å². The summed E-state index contributed by atoms with van der Waals surface area (Å²) < 4.78 is 40.4. The maximum atomic E-state index is 11.6. The molecule has 8 nitrogen and oxygen atoms in total. The third kappa shape index (κ3) is 5.17. The summed E-state index contributed by atoms with van der Waals surface area (Å²) in [6, 6.07) is 0. The van der Waals surface area contributed by atoms with Crippen molar-refractivity contribution < 1.29 is 37.1 Å². The fraction of sp³-hybridized carbons (Fsp3) is 0.583. The van der Waals surface area contributed by atoms with Gasteiger partial charge in [0.2, 0.25) is 5.76 Å². The molecule has 0 radical (unpaired) electrons. The Kier molecular flexibility index (Phi) is 8.96. The van der Waals surface area contributed by atoms with Gasteiger partial charge in [0.15, 0.2) is 5.76 Å². The lowest BCUT2D eigenvalue weighted by Gasteiger charge is -2.11. The van der Waals surface area contributed by atoms with Crippen LogP contribution in [0.4, 0.5) is 0 Å². The fourth-order valence-electron chi connectivity index (χ4n) is 1.29. The molecule has 0 aromatic heterocycles. The first-order valence-electron chi connectivity index (χ1n) is 6.12. The molecule has 9 heteroatoms. The normalized spacial score (nSPS) is 16.5. The van der Waals surface area contributed by atoms with Crippen LogP contribution in [0.3, 0.4) is 0 Å². The van der Waals surface area contributed by atoms with Crippen LogP contribution in [0.25, 0.3) is 0 Å². The average Bonchev–Trinajstić information content (AvgIpc) is 2.83. The molecular formula is C12H21O8P. The number of esters is 1. The highest BCUT2D eigenvalue weighted by Crippen LogP contribution is 2.47. The SMILES string of the molecule is CC.COC1=C(OC)/C(=C\COP(=O)(OC)OC)OC1=O. The number of ether oxygens (including phenoxy) is 3. The summed E-state index contributed by atoms with van der Waals surface area (Å²) in [4.78, 5) is 11.4. The number of hydrogen-bond acceptors (Lipinski definition) is 8. The van der Waals surface area contributed by atoms with Crippen molar-refractivity contribution in [1.82, 2.24) is 0 Å². The zero-order chi connectivity index (χ0) is 16.5. The van der Waals surface area contributed by atoms with E-state index in [1.54, 1.807) is 0 Å². The molecule has 21 heavy (non-hydrogen) atoms. The minimum Gasteiger partial charge on any atom is -0.490 e. The second-order valence-electron chi connectivity index (χ2n) is 3.13. The monoisotopic (exact) mass is 324 g/mol. The van der Waals surface area contributed by atoms with Gasteiger partial charge in [0, 0.05) is 14.2 Å². The molecule has 0 aromatic rings. The van der Waals surface area contributed by atoms with Crippen LogP contribution in [0, 0.1) is 0 Å². The highest BCUT2D eigenvalue weighted by Gasteiger charge is 2.32. The standard InChI is InChI=1S/C10H15O8P.C2H6/c1-13-8-7(18-10(11)9(8)14-2)5-6-17-19(12,15-3)16-4;1-2/h5H,6H2,1-4H3;1-2H3/b7-5+;. The van der Waals surface area contributed by atoms with Crippen LogP contribution < -0.4 is 0 Å². The van der Waals surface area contributed by atoms with Gasteiger partial charge in [-0.3, -0.25) is 13.6 Å². The van der Waals surface area contributed by atoms with Crippen LogP contribution >= 0.6 is 7.82 Å². The summed E-state index contributed by atoms with van der Waals surface area (Å²) in [5, 5.41) is 0. The van der Waals surface area contributed by atoms with E-state index in [1.807, 2.05) is 13.8 Å². The zero-order valence-corrected chi connectivity index (χ0v) is 13.9. The van der Waals surface area contributed by atoms with Crippen LogP contribution in [0.1, 0.15) is 13.8 Å². The van der Waals surface area contributed by atoms with Gasteiger partial charge in [0.1, 0.15) is 0 Å². The Morgan fingerprint density at radius 2 is 1.57 bits per heavy atom. The molecule has 0 saturated heterocycles. The first-order valence-corrected chi connectivity index (χ1v) is 7.58. The van der Waals surface area contributed by atoms with Crippen molar-refractivity contribution in [2.45, 2.75) is 13.8 Å². The van der Waals surface area contributed by atoms with E-state index in [1.165, 1.54) is 34.5 Å². The van der Waals surface area contributed by atoms with E-state index in [9.17, 15) is 9.36 Å². The molecular weight excluding hydrogens is 303 g/mol. The van der Waals surface area contributed by atoms with E-state index in [4.69, 9.17) is 18.7 Å². The molecule has 0 aromatic carbocycles. The number of phosphoric ester groups is 1. The lowest BCUT2D eigenvalue weighted by Crippen LogP contribution is -2.00. The summed E-state index contributed by atoms with van der Waals surface area (Å²) in [6.45, 7) is 3.84. The molecule has 0 atom stereocenters. The second-order valence-corrected chi connectivity index (χ2v) is 5.02. The van der Waals surface area contributed by atoms with Crippen molar-refractivity contribution in [3.05, 3.63) is 23.4 Å². The fourth-order valence-corrected chi connectivity index (χ4v) is 1.90. The van der Waals surface area contributed by atoms with Gasteiger partial charge in [-0.25, -0.2) is 9.36 Å². The van der Waals surface area contributed by atoms with Gasteiger partial charge in [0.25, 0.3) is 5.76 Å². The van der Waals surface area contributed by atoms with Gasteiger partial charge < -0.3 is 14.2 Å². The maximum Gasteiger partial charge on any atom is 0.474 e. The molecule has 1 aliphatic rings. The lowest BCUT2D eigenvalue weighted by molar-refractivity contribution is -0.136. The molecule has 0 amide bonds. The Morgan fingerprint density at radius 3 is 2.00 bits per heavy atom. The van der Waals surface area contributed by atoms with E-state index < -0.39 is 13.8 Å². The van der Waals surface area contributed by atoms with Crippen molar-refractivity contribution in [2.75, 3.05) is 35.0 Å². The van der Waals surface area contributed by atoms with Gasteiger partial charge in [-0.1, -0.05) is 13.8 Å². The van der Waals surface area contributed by atoms with E-state index in [2.05, 4.69) is 9.05 Å². The molecule has 0 aliphatic carbocycles. The van der Waals surface area contributed by atoms with Crippen molar-refractivity contribution >= 4 is 13.8 Å². The third-order valence-electron chi connectivity index (χ3n) is 2.17. The average molecular weight is 324 g/mol. The minimum atomic E-state index is -3.58. The number of hydrogen-bond donors (Lipinski definition) is 0. The highest BCUT2D eigenvalue weighted by molar-refractivity contribution is 7.48. The molecule has 0 saturated carbocycles. The predicted molar refractivity (Wildman–Crippen MR) is 74.1 cm³/mol. The largest absolute Gasteiger partial charge is 0.490 e. The van der Waals surface area contributed by atoms with Gasteiger partial charge in [-0.05, 0) is 6.08 Å². The first kappa shape index (κ1) is 19.7. The van der Waals surface area contributed by atoms with E-state index in [0.717, 1.165) is 0 Å². The van der Waals surface area contributed by atoms with Gasteiger partial charge in [-0.15, -0.1) is 0 Å². The van der Waals surface area contributed by atoms with Crippen LogP contribution in [-0.2, 0) is 37.1 Å². The predicted octanol–water partition coefficient (Wildman–Crippen LogP) is 2.38. The second kappa shape index (κ2) is 9.57. The quantitative estimate of drug-likeness (QED) is 0.521. The smallest absolute Gasteiger partial charge is 0.474 e. The van der Waals surface area contributed by atoms with Gasteiger partial charge in [-0.2, -0.15) is 0 Å². The first-order chi connectivity index (χ1) is 10.0. The molecule has 0 unspecified atom stereocenters. The van der Waals surface area contributed by atoms with E-state index >= 15 is 0 Å². The van der Waals surface area contributed by atoms with Crippen LogP contribution in [0.5, 0.6) is 0 Å². The third-order valence-corrected chi connectivity index (χ3v) is 3.53. The Balaban J connectivity index is 0.00000191. The van der Waals surface area contributed by atoms with Crippen molar-refractivity contribution in [2.24, 2.45) is 0 Å². The summed E-state index contributed by atoms with van der Waals surface area (Å²) in [5.74, 6) is -0.466. The lowest BCUT2D eigenvalue weighted by atomic mass is 10.3. The highest BCUT2D eigenvalue weighted by atomic mass is 31.2. The van der Waals surface area contributed by atoms with Gasteiger partial charge in [0.05, 0.1) is 20.8 Å². The molecule has 1 heterocycles. The molecule has 1 rings (SSSR count). The number of cyclic esters (lactones) is 1. The number of carbonyl (C=O) groups excluding carboxylic acids is 1. The van der Waals surface area contributed by atoms with Crippen molar-refractivity contribution in [3.63, 3.8) is 0 Å². The van der Waals surface area contributed by atoms with Crippen molar-refractivity contribution in [1.29, 1.82) is 0 Å². The Bertz CT molecular complexity index is 446. The summed E-state index contributed by atoms with van der Waals surface area (Å²) in [5.41, 5.74) is 0. The zero-order valence-electron chi connectivity index (χ0n) is 13.0. The Labute approximate surface area is 124 Å². The molecule has 0 fully saturated rings. The van der Waals surface area contributed by atoms with Crippen LogP contribution in [-0.4, -0.2) is 41.0 Å².